The van der Waals surface area contributed by atoms with Crippen molar-refractivity contribution in [3.63, 3.8) is 0 Å². The molecule has 1 aliphatic carbocycles. The molecule has 0 aliphatic heterocycles. The maximum Gasteiger partial charge on any atom is 0.241 e. The van der Waals surface area contributed by atoms with Gasteiger partial charge in [-0.25, -0.2) is 0 Å². The van der Waals surface area contributed by atoms with Gasteiger partial charge in [0.1, 0.15) is 0 Å². The molecule has 1 aliphatic rings. The van der Waals surface area contributed by atoms with Gasteiger partial charge in [0.05, 0.1) is 11.9 Å². The van der Waals surface area contributed by atoms with Crippen molar-refractivity contribution < 1.29 is 8.85 Å². The Morgan fingerprint density at radius 3 is 2.23 bits per heavy atom. The van der Waals surface area contributed by atoms with E-state index in [1.807, 2.05) is 0 Å². The van der Waals surface area contributed by atoms with E-state index in [1.165, 1.54) is 26.0 Å². The van der Waals surface area contributed by atoms with E-state index in [0.717, 1.165) is 25.7 Å². The highest BCUT2D eigenvalue weighted by atomic mass is 127. The normalized spacial score (nSPS) is 17.5. The van der Waals surface area contributed by atoms with Gasteiger partial charge in [-0.05, 0) is 97.3 Å². The van der Waals surface area contributed by atoms with Crippen molar-refractivity contribution in [3.05, 3.63) is 56.4 Å². The van der Waals surface area contributed by atoms with Gasteiger partial charge in [-0.3, -0.25) is 0 Å². The summed E-state index contributed by atoms with van der Waals surface area (Å²) < 4.78 is 15.0. The monoisotopic (exact) mass is 556 g/mol. The van der Waals surface area contributed by atoms with Crippen LogP contribution in [-0.2, 0) is 8.85 Å². The summed E-state index contributed by atoms with van der Waals surface area (Å²) in [5, 5.41) is 0.178. The van der Waals surface area contributed by atoms with E-state index in [9.17, 15) is 0 Å². The van der Waals surface area contributed by atoms with E-state index >= 15 is 0 Å². The second-order valence-electron chi connectivity index (χ2n) is 11.1. The molecule has 0 spiro atoms. The van der Waals surface area contributed by atoms with E-state index < -0.39 is 16.6 Å². The second kappa shape index (κ2) is 10.0. The summed E-state index contributed by atoms with van der Waals surface area (Å²) in [4.78, 5) is 0. The highest BCUT2D eigenvalue weighted by Gasteiger charge is 2.40. The van der Waals surface area contributed by atoms with Crippen LogP contribution in [0.3, 0.4) is 0 Å². The highest BCUT2D eigenvalue weighted by Crippen LogP contribution is 2.43. The third-order valence-electron chi connectivity index (χ3n) is 6.19. The number of benzene rings is 1. The molecule has 1 aromatic carbocycles. The van der Waals surface area contributed by atoms with Crippen molar-refractivity contribution in [2.45, 2.75) is 97.3 Å². The van der Waals surface area contributed by atoms with Crippen LogP contribution in [0.15, 0.2) is 47.2 Å². The first-order valence-corrected chi connectivity index (χ1v) is 18.6. The van der Waals surface area contributed by atoms with Crippen LogP contribution in [0.5, 0.6) is 0 Å². The second-order valence-corrected chi connectivity index (χ2v) is 21.4. The summed E-state index contributed by atoms with van der Waals surface area (Å²) in [5.74, 6) is 1.23. The number of allylic oxidation sites excluding steroid dienone is 3. The largest absolute Gasteiger partial charge is 0.547 e. The van der Waals surface area contributed by atoms with Crippen molar-refractivity contribution >= 4 is 39.2 Å². The number of hydrogen-bond donors (Lipinski definition) is 0. The van der Waals surface area contributed by atoms with Gasteiger partial charge in [-0.1, -0.05) is 50.6 Å². The molecule has 1 unspecified atom stereocenters. The molecule has 0 saturated carbocycles. The summed E-state index contributed by atoms with van der Waals surface area (Å²) in [6, 6.07) is 8.70. The fraction of sp³-hybridized carbons (Fsp3) is 0.600. The van der Waals surface area contributed by atoms with E-state index in [0.29, 0.717) is 0 Å². The van der Waals surface area contributed by atoms with Gasteiger partial charge < -0.3 is 8.85 Å². The first-order chi connectivity index (χ1) is 13.7. The predicted molar refractivity (Wildman–Crippen MR) is 144 cm³/mol. The fourth-order valence-corrected chi connectivity index (χ4v) is 6.39. The third-order valence-corrected chi connectivity index (χ3v) is 12.5. The van der Waals surface area contributed by atoms with Crippen molar-refractivity contribution in [1.82, 2.24) is 0 Å². The van der Waals surface area contributed by atoms with Crippen LogP contribution in [0.4, 0.5) is 0 Å². The summed E-state index contributed by atoms with van der Waals surface area (Å²) in [6.45, 7) is 20.8. The standard InChI is InChI=1S/C25H41IO2Si2/c1-19-14-16-20(23(17-15-19)27-29(5,6)7)18-24(21-12-10-11-13-22(21)26)28-30(8,9)25(2,3)4/h10-14,24H,15-18H2,1-9H3. The van der Waals surface area contributed by atoms with E-state index in [2.05, 4.69) is 113 Å². The zero-order chi connectivity index (χ0) is 22.7. The van der Waals surface area contributed by atoms with Crippen molar-refractivity contribution in [3.8, 4) is 0 Å². The lowest BCUT2D eigenvalue weighted by Crippen LogP contribution is -2.42. The predicted octanol–water partition coefficient (Wildman–Crippen LogP) is 8.98. The molecule has 30 heavy (non-hydrogen) atoms. The van der Waals surface area contributed by atoms with E-state index in [-0.39, 0.29) is 11.1 Å². The van der Waals surface area contributed by atoms with Crippen LogP contribution in [-0.4, -0.2) is 16.6 Å². The van der Waals surface area contributed by atoms with Crippen LogP contribution in [0, 0.1) is 3.57 Å². The van der Waals surface area contributed by atoms with Gasteiger partial charge in [-0.15, -0.1) is 0 Å². The Hall–Kier alpha value is -0.376. The van der Waals surface area contributed by atoms with Crippen molar-refractivity contribution in [2.75, 3.05) is 0 Å². The van der Waals surface area contributed by atoms with Crippen LogP contribution < -0.4 is 0 Å². The Labute approximate surface area is 200 Å². The molecule has 2 nitrogen and oxygen atoms in total. The lowest BCUT2D eigenvalue weighted by molar-refractivity contribution is 0.180. The van der Waals surface area contributed by atoms with Crippen molar-refractivity contribution in [2.24, 2.45) is 0 Å². The summed E-state index contributed by atoms with van der Waals surface area (Å²) >= 11 is 2.46. The Morgan fingerprint density at radius 1 is 1.03 bits per heavy atom. The zero-order valence-electron chi connectivity index (χ0n) is 20.5. The Morgan fingerprint density at radius 2 is 1.67 bits per heavy atom. The van der Waals surface area contributed by atoms with E-state index in [1.54, 1.807) is 0 Å². The average Bonchev–Trinajstić information content (AvgIpc) is 2.75. The molecule has 2 rings (SSSR count). The number of halogens is 1. The molecule has 0 radical (unpaired) electrons. The van der Waals surface area contributed by atoms with Crippen LogP contribution >= 0.6 is 22.6 Å². The minimum atomic E-state index is -1.93. The third kappa shape index (κ3) is 7.35. The summed E-state index contributed by atoms with van der Waals surface area (Å²) in [5.41, 5.74) is 4.21. The van der Waals surface area contributed by atoms with Gasteiger partial charge in [-0.2, -0.15) is 0 Å². The average molecular weight is 557 g/mol. The Kier molecular flexibility index (Phi) is 8.67. The number of rotatable bonds is 7. The van der Waals surface area contributed by atoms with Gasteiger partial charge in [0.15, 0.2) is 8.32 Å². The Bertz CT molecular complexity index is 798. The van der Waals surface area contributed by atoms with E-state index in [4.69, 9.17) is 8.85 Å². The van der Waals surface area contributed by atoms with Crippen LogP contribution in [0.1, 0.15) is 65.0 Å². The lowest BCUT2D eigenvalue weighted by Gasteiger charge is -2.40. The molecular weight excluding hydrogens is 515 g/mol. The maximum atomic E-state index is 7.05. The molecule has 0 bridgehead atoms. The molecule has 0 saturated heterocycles. The Balaban J connectivity index is 2.47. The van der Waals surface area contributed by atoms with Crippen LogP contribution in [0.25, 0.3) is 0 Å². The lowest BCUT2D eigenvalue weighted by atomic mass is 9.98. The minimum absolute atomic E-state index is 0.0704. The zero-order valence-corrected chi connectivity index (χ0v) is 24.6. The van der Waals surface area contributed by atoms with Gasteiger partial charge >= 0.3 is 0 Å². The minimum Gasteiger partial charge on any atom is -0.547 e. The quantitative estimate of drug-likeness (QED) is 0.190. The SMILES string of the molecule is CC1=CCC(CC(O[Si](C)(C)C(C)(C)C)c2ccccc2I)=C(O[Si](C)(C)C)CC1. The molecule has 0 heterocycles. The number of hydrogen-bond acceptors (Lipinski definition) is 2. The first-order valence-electron chi connectivity index (χ1n) is 11.2. The van der Waals surface area contributed by atoms with Gasteiger partial charge in [0.25, 0.3) is 0 Å². The first kappa shape index (κ1) is 25.9. The fourth-order valence-electron chi connectivity index (χ4n) is 3.40. The van der Waals surface area contributed by atoms with Crippen LogP contribution in [0.2, 0.25) is 37.8 Å². The smallest absolute Gasteiger partial charge is 0.241 e. The maximum absolute atomic E-state index is 7.05. The molecule has 0 aromatic heterocycles. The topological polar surface area (TPSA) is 18.5 Å². The molecular formula is C25H41IO2Si2. The van der Waals surface area contributed by atoms with Crippen molar-refractivity contribution in [1.29, 1.82) is 0 Å². The molecule has 0 N–H and O–H groups in total. The van der Waals surface area contributed by atoms with Gasteiger partial charge in [0, 0.05) is 16.4 Å². The molecule has 5 heteroatoms. The molecule has 0 fully saturated rings. The highest BCUT2D eigenvalue weighted by molar-refractivity contribution is 14.1. The molecule has 1 aromatic rings. The molecule has 168 valence electrons. The van der Waals surface area contributed by atoms with Gasteiger partial charge in [0.2, 0.25) is 8.32 Å². The summed E-state index contributed by atoms with van der Waals surface area (Å²) in [7, 11) is -3.59. The molecule has 1 atom stereocenters. The molecule has 0 amide bonds. The summed E-state index contributed by atoms with van der Waals surface area (Å²) in [6.07, 6.45) is 6.47.